The molecule has 2 rings (SSSR count). The van der Waals surface area contributed by atoms with E-state index in [1.807, 2.05) is 6.92 Å². The Morgan fingerprint density at radius 3 is 2.29 bits per heavy atom. The SMILES string of the molecule is CCCCc1cc(F)c(C#CC2CCC(C=C(F)F)CC2)c(F)c1. The first-order valence-corrected chi connectivity index (χ1v) is 8.51. The fourth-order valence-electron chi connectivity index (χ4n) is 3.05. The van der Waals surface area contributed by atoms with Crippen molar-refractivity contribution in [2.45, 2.75) is 51.9 Å². The second kappa shape index (κ2) is 8.92. The third kappa shape index (κ3) is 5.40. The maximum absolute atomic E-state index is 14.1. The Labute approximate surface area is 141 Å². The van der Waals surface area contributed by atoms with Gasteiger partial charge in [0, 0.05) is 5.92 Å². The van der Waals surface area contributed by atoms with Crippen LogP contribution in [0.2, 0.25) is 0 Å². The largest absolute Gasteiger partial charge is 0.266 e. The van der Waals surface area contributed by atoms with Gasteiger partial charge in [-0.2, -0.15) is 8.78 Å². The molecule has 1 aromatic rings. The van der Waals surface area contributed by atoms with E-state index in [1.165, 1.54) is 12.1 Å². The smallest absolute Gasteiger partial charge is 0.206 e. The van der Waals surface area contributed by atoms with Crippen molar-refractivity contribution in [2.75, 3.05) is 0 Å². The molecule has 0 amide bonds. The predicted molar refractivity (Wildman–Crippen MR) is 87.6 cm³/mol. The van der Waals surface area contributed by atoms with Gasteiger partial charge in [0.2, 0.25) is 0 Å². The van der Waals surface area contributed by atoms with Crippen molar-refractivity contribution in [2.24, 2.45) is 11.8 Å². The van der Waals surface area contributed by atoms with Crippen LogP contribution in [0.5, 0.6) is 0 Å². The Balaban J connectivity index is 2.02. The molecule has 1 aliphatic rings. The lowest BCUT2D eigenvalue weighted by atomic mass is 9.82. The van der Waals surface area contributed by atoms with Crippen LogP contribution in [0.25, 0.3) is 0 Å². The standard InChI is InChI=1S/C20H22F4/c1-2-3-4-16-11-18(21)17(19(22)12-16)10-9-14-5-7-15(8-6-14)13-20(23)24/h11-15H,2-8H2,1H3. The molecule has 130 valence electrons. The summed E-state index contributed by atoms with van der Waals surface area (Å²) in [4.78, 5) is 0. The summed E-state index contributed by atoms with van der Waals surface area (Å²) in [5.74, 6) is 4.20. The Morgan fingerprint density at radius 1 is 1.12 bits per heavy atom. The van der Waals surface area contributed by atoms with Crippen LogP contribution in [0.4, 0.5) is 17.6 Å². The molecule has 4 heteroatoms. The van der Waals surface area contributed by atoms with Gasteiger partial charge in [0.05, 0.1) is 5.56 Å². The zero-order chi connectivity index (χ0) is 17.5. The maximum atomic E-state index is 14.1. The van der Waals surface area contributed by atoms with E-state index in [-0.39, 0.29) is 17.4 Å². The first kappa shape index (κ1) is 18.6. The summed E-state index contributed by atoms with van der Waals surface area (Å²) in [6, 6.07) is 2.71. The summed E-state index contributed by atoms with van der Waals surface area (Å²) < 4.78 is 52.6. The lowest BCUT2D eigenvalue weighted by Gasteiger charge is -2.22. The molecule has 1 aliphatic carbocycles. The van der Waals surface area contributed by atoms with Gasteiger partial charge in [-0.15, -0.1) is 0 Å². The van der Waals surface area contributed by atoms with E-state index in [9.17, 15) is 17.6 Å². The van der Waals surface area contributed by atoms with Crippen molar-refractivity contribution in [1.82, 2.24) is 0 Å². The van der Waals surface area contributed by atoms with Gasteiger partial charge in [-0.1, -0.05) is 25.2 Å². The molecule has 0 aliphatic heterocycles. The fraction of sp³-hybridized carbons (Fsp3) is 0.500. The Bertz CT molecular complexity index is 616. The number of halogens is 4. The lowest BCUT2D eigenvalue weighted by Crippen LogP contribution is -2.11. The molecule has 0 atom stereocenters. The van der Waals surface area contributed by atoms with Crippen molar-refractivity contribution in [3.05, 3.63) is 47.1 Å². The number of unbranched alkanes of at least 4 members (excludes halogenated alkanes) is 1. The topological polar surface area (TPSA) is 0 Å². The van der Waals surface area contributed by atoms with Gasteiger partial charge >= 0.3 is 0 Å². The van der Waals surface area contributed by atoms with E-state index in [4.69, 9.17) is 0 Å². The van der Waals surface area contributed by atoms with Crippen molar-refractivity contribution < 1.29 is 17.6 Å². The zero-order valence-corrected chi connectivity index (χ0v) is 13.8. The molecule has 1 saturated carbocycles. The van der Waals surface area contributed by atoms with Gasteiger partial charge in [-0.25, -0.2) is 8.78 Å². The second-order valence-corrected chi connectivity index (χ2v) is 6.38. The van der Waals surface area contributed by atoms with Gasteiger partial charge in [0.15, 0.2) is 0 Å². The molecule has 0 nitrogen and oxygen atoms in total. The molecule has 24 heavy (non-hydrogen) atoms. The number of hydrogen-bond acceptors (Lipinski definition) is 0. The van der Waals surface area contributed by atoms with E-state index >= 15 is 0 Å². The summed E-state index contributed by atoms with van der Waals surface area (Å²) in [6.45, 7) is 2.03. The molecular formula is C20H22F4. The summed E-state index contributed by atoms with van der Waals surface area (Å²) in [5.41, 5.74) is 0.463. The van der Waals surface area contributed by atoms with E-state index in [2.05, 4.69) is 11.8 Å². The zero-order valence-electron chi connectivity index (χ0n) is 13.8. The van der Waals surface area contributed by atoms with Crippen molar-refractivity contribution >= 4 is 0 Å². The number of hydrogen-bond donors (Lipinski definition) is 0. The van der Waals surface area contributed by atoms with Crippen molar-refractivity contribution in [3.63, 3.8) is 0 Å². The lowest BCUT2D eigenvalue weighted by molar-refractivity contribution is 0.343. The van der Waals surface area contributed by atoms with Gasteiger partial charge < -0.3 is 0 Å². The van der Waals surface area contributed by atoms with Crippen LogP contribution in [-0.2, 0) is 6.42 Å². The summed E-state index contributed by atoms with van der Waals surface area (Å²) in [6.07, 6.45) is 4.50. The van der Waals surface area contributed by atoms with Gasteiger partial charge in [0.1, 0.15) is 11.6 Å². The van der Waals surface area contributed by atoms with Crippen molar-refractivity contribution in [3.8, 4) is 11.8 Å². The minimum absolute atomic E-state index is 0.0101. The first-order chi connectivity index (χ1) is 11.5. The average molecular weight is 338 g/mol. The highest BCUT2D eigenvalue weighted by molar-refractivity contribution is 5.39. The van der Waals surface area contributed by atoms with E-state index in [0.717, 1.165) is 18.9 Å². The highest BCUT2D eigenvalue weighted by atomic mass is 19.3. The summed E-state index contributed by atoms with van der Waals surface area (Å²) in [5, 5.41) is 0. The van der Waals surface area contributed by atoms with Crippen LogP contribution in [0, 0.1) is 35.3 Å². The highest BCUT2D eigenvalue weighted by Crippen LogP contribution is 2.30. The minimum atomic E-state index is -1.64. The number of aryl methyl sites for hydroxylation is 1. The van der Waals surface area contributed by atoms with Gasteiger partial charge in [-0.3, -0.25) is 0 Å². The molecule has 1 fully saturated rings. The molecule has 0 heterocycles. The van der Waals surface area contributed by atoms with Crippen LogP contribution in [0.15, 0.2) is 24.3 Å². The number of allylic oxidation sites excluding steroid dienone is 1. The Kier molecular flexibility index (Phi) is 6.90. The molecule has 0 aromatic heterocycles. The maximum Gasteiger partial charge on any atom is 0.266 e. The second-order valence-electron chi connectivity index (χ2n) is 6.38. The van der Waals surface area contributed by atoms with Crippen LogP contribution in [-0.4, -0.2) is 0 Å². The Hall–Kier alpha value is -1.76. The van der Waals surface area contributed by atoms with E-state index in [0.29, 0.717) is 37.7 Å². The molecule has 1 aromatic carbocycles. The van der Waals surface area contributed by atoms with E-state index in [1.54, 1.807) is 0 Å². The third-order valence-electron chi connectivity index (χ3n) is 4.46. The third-order valence-corrected chi connectivity index (χ3v) is 4.46. The number of rotatable bonds is 4. The van der Waals surface area contributed by atoms with Crippen LogP contribution in [0.1, 0.15) is 56.6 Å². The minimum Gasteiger partial charge on any atom is -0.206 e. The fourth-order valence-corrected chi connectivity index (χ4v) is 3.05. The summed E-state index contributed by atoms with van der Waals surface area (Å²) in [7, 11) is 0. The summed E-state index contributed by atoms with van der Waals surface area (Å²) >= 11 is 0. The van der Waals surface area contributed by atoms with E-state index < -0.39 is 17.7 Å². The quantitative estimate of drug-likeness (QED) is 0.450. The molecule has 0 spiro atoms. The number of benzene rings is 1. The van der Waals surface area contributed by atoms with Gasteiger partial charge in [-0.05, 0) is 68.2 Å². The normalized spacial score (nSPS) is 20.2. The van der Waals surface area contributed by atoms with Gasteiger partial charge in [0.25, 0.3) is 6.08 Å². The molecule has 0 radical (unpaired) electrons. The molecule has 0 saturated heterocycles. The molecule has 0 N–H and O–H groups in total. The van der Waals surface area contributed by atoms with Crippen LogP contribution >= 0.6 is 0 Å². The first-order valence-electron chi connectivity index (χ1n) is 8.51. The van der Waals surface area contributed by atoms with Crippen LogP contribution in [0.3, 0.4) is 0 Å². The predicted octanol–water partition coefficient (Wildman–Crippen LogP) is 6.25. The molecule has 0 bridgehead atoms. The Morgan fingerprint density at radius 2 is 1.75 bits per heavy atom. The van der Waals surface area contributed by atoms with Crippen molar-refractivity contribution in [1.29, 1.82) is 0 Å². The highest BCUT2D eigenvalue weighted by Gasteiger charge is 2.19. The molecular weight excluding hydrogens is 316 g/mol. The average Bonchev–Trinajstić information content (AvgIpc) is 2.53. The molecule has 0 unspecified atom stereocenters. The monoisotopic (exact) mass is 338 g/mol. The van der Waals surface area contributed by atoms with Crippen LogP contribution < -0.4 is 0 Å².